The average Bonchev–Trinajstić information content (AvgIpc) is 3.09. The number of fused-ring (bicyclic) bond motifs is 1. The molecule has 1 aromatic rings. The lowest BCUT2D eigenvalue weighted by Crippen LogP contribution is -2.31. The number of halogens is 1. The Labute approximate surface area is 160 Å². The fourth-order valence-corrected chi connectivity index (χ4v) is 5.02. The molecule has 0 amide bonds. The van der Waals surface area contributed by atoms with Gasteiger partial charge < -0.3 is 9.64 Å². The van der Waals surface area contributed by atoms with Gasteiger partial charge in [-0.3, -0.25) is 4.90 Å². The molecule has 2 unspecified atom stereocenters. The lowest BCUT2D eigenvalue weighted by molar-refractivity contribution is 0.0967. The second-order valence-electron chi connectivity index (χ2n) is 8.14. The van der Waals surface area contributed by atoms with E-state index in [9.17, 15) is 0 Å². The fourth-order valence-electron chi connectivity index (χ4n) is 4.75. The van der Waals surface area contributed by atoms with Gasteiger partial charge >= 0.3 is 0 Å². The molecule has 3 fully saturated rings. The Balaban J connectivity index is 1.07. The van der Waals surface area contributed by atoms with E-state index in [1.165, 1.54) is 64.0 Å². The molecule has 3 aliphatic rings. The van der Waals surface area contributed by atoms with E-state index in [0.29, 0.717) is 0 Å². The van der Waals surface area contributed by atoms with Gasteiger partial charge in [0.05, 0.1) is 6.61 Å². The van der Waals surface area contributed by atoms with E-state index in [4.69, 9.17) is 4.74 Å². The van der Waals surface area contributed by atoms with Crippen LogP contribution in [0.5, 0.6) is 0 Å². The van der Waals surface area contributed by atoms with Gasteiger partial charge in [0.15, 0.2) is 0 Å². The molecule has 2 atom stereocenters. The van der Waals surface area contributed by atoms with E-state index in [2.05, 4.69) is 50.0 Å². The predicted octanol–water partition coefficient (Wildman–Crippen LogP) is 4.02. The topological polar surface area (TPSA) is 15.7 Å². The van der Waals surface area contributed by atoms with Crippen LogP contribution >= 0.6 is 15.9 Å². The molecule has 25 heavy (non-hydrogen) atoms. The van der Waals surface area contributed by atoms with Gasteiger partial charge in [-0.1, -0.05) is 34.5 Å². The number of benzene rings is 1. The number of nitrogens with zero attached hydrogens (tertiary/aromatic N) is 2. The molecule has 2 saturated heterocycles. The van der Waals surface area contributed by atoms with Crippen molar-refractivity contribution in [3.8, 4) is 0 Å². The van der Waals surface area contributed by atoms with Crippen LogP contribution in [0.1, 0.15) is 31.2 Å². The normalized spacial score (nSPS) is 29.7. The zero-order valence-electron chi connectivity index (χ0n) is 15.2. The minimum Gasteiger partial charge on any atom is -0.381 e. The van der Waals surface area contributed by atoms with Crippen molar-refractivity contribution in [3.05, 3.63) is 34.3 Å². The molecule has 0 spiro atoms. The molecule has 1 aliphatic carbocycles. The molecular weight excluding hydrogens is 376 g/mol. The summed E-state index contributed by atoms with van der Waals surface area (Å²) >= 11 is 3.51. The summed E-state index contributed by atoms with van der Waals surface area (Å²) in [6.45, 7) is 9.44. The van der Waals surface area contributed by atoms with Crippen molar-refractivity contribution >= 4 is 15.9 Å². The zero-order chi connectivity index (χ0) is 17.1. The van der Waals surface area contributed by atoms with Crippen molar-refractivity contribution in [3.63, 3.8) is 0 Å². The molecule has 1 saturated carbocycles. The number of hydrogen-bond acceptors (Lipinski definition) is 3. The predicted molar refractivity (Wildman–Crippen MR) is 106 cm³/mol. The maximum Gasteiger partial charge on any atom is 0.0500 e. The summed E-state index contributed by atoms with van der Waals surface area (Å²) in [5.74, 6) is 2.64. The van der Waals surface area contributed by atoms with E-state index >= 15 is 0 Å². The Morgan fingerprint density at radius 3 is 2.40 bits per heavy atom. The minimum absolute atomic E-state index is 0.844. The summed E-state index contributed by atoms with van der Waals surface area (Å²) in [5.41, 5.74) is 1.43. The molecule has 0 radical (unpaired) electrons. The maximum atomic E-state index is 6.00. The first kappa shape index (κ1) is 18.0. The van der Waals surface area contributed by atoms with Gasteiger partial charge in [0.1, 0.15) is 0 Å². The lowest BCUT2D eigenvalue weighted by atomic mass is 10.1. The van der Waals surface area contributed by atoms with Crippen molar-refractivity contribution in [2.75, 3.05) is 45.9 Å². The second-order valence-corrected chi connectivity index (χ2v) is 9.06. The third-order valence-corrected chi connectivity index (χ3v) is 6.82. The molecule has 138 valence electrons. The zero-order valence-corrected chi connectivity index (χ0v) is 16.8. The molecule has 3 nitrogen and oxygen atoms in total. The summed E-state index contributed by atoms with van der Waals surface area (Å²) in [6.07, 6.45) is 5.42. The van der Waals surface area contributed by atoms with E-state index in [1.54, 1.807) is 0 Å². The van der Waals surface area contributed by atoms with Gasteiger partial charge in [0, 0.05) is 37.3 Å². The number of rotatable bonds is 8. The van der Waals surface area contributed by atoms with Gasteiger partial charge in [0.2, 0.25) is 0 Å². The minimum atomic E-state index is 0.844. The smallest absolute Gasteiger partial charge is 0.0500 e. The highest BCUT2D eigenvalue weighted by molar-refractivity contribution is 9.10. The molecule has 2 heterocycles. The summed E-state index contributed by atoms with van der Waals surface area (Å²) < 4.78 is 7.17. The standard InChI is InChI=1S/C21H31BrN2O/c22-18-7-5-17(6-8-18)13-24-14-19-20(15-24)21(19)16-25-12-4-11-23-9-2-1-3-10-23/h5-8,19-21H,1-4,9-16H2. The van der Waals surface area contributed by atoms with Gasteiger partial charge in [0.25, 0.3) is 0 Å². The van der Waals surface area contributed by atoms with E-state index in [-0.39, 0.29) is 0 Å². The first-order valence-corrected chi connectivity index (χ1v) is 10.9. The van der Waals surface area contributed by atoms with E-state index < -0.39 is 0 Å². The van der Waals surface area contributed by atoms with Crippen LogP contribution in [0.3, 0.4) is 0 Å². The maximum absolute atomic E-state index is 6.00. The number of likely N-dealkylation sites (tertiary alicyclic amines) is 2. The van der Waals surface area contributed by atoms with Crippen LogP contribution in [0.2, 0.25) is 0 Å². The third-order valence-electron chi connectivity index (χ3n) is 6.29. The Morgan fingerprint density at radius 2 is 1.68 bits per heavy atom. The highest BCUT2D eigenvalue weighted by Gasteiger charge is 2.55. The SMILES string of the molecule is Brc1ccc(CN2CC3C(COCCCN4CCCCC4)C3C2)cc1. The van der Waals surface area contributed by atoms with Crippen molar-refractivity contribution < 1.29 is 4.74 Å². The quantitative estimate of drug-likeness (QED) is 0.606. The van der Waals surface area contributed by atoms with E-state index in [1.807, 2.05) is 0 Å². The highest BCUT2D eigenvalue weighted by atomic mass is 79.9. The summed E-state index contributed by atoms with van der Waals surface area (Å²) in [5, 5.41) is 0. The number of ether oxygens (including phenoxy) is 1. The Kier molecular flexibility index (Phi) is 6.12. The van der Waals surface area contributed by atoms with Crippen molar-refractivity contribution in [1.29, 1.82) is 0 Å². The highest BCUT2D eigenvalue weighted by Crippen LogP contribution is 2.52. The average molecular weight is 407 g/mol. The van der Waals surface area contributed by atoms with Gasteiger partial charge in [-0.2, -0.15) is 0 Å². The number of piperidine rings is 2. The van der Waals surface area contributed by atoms with Crippen LogP contribution in [0.4, 0.5) is 0 Å². The van der Waals surface area contributed by atoms with Crippen LogP contribution in [0.15, 0.2) is 28.7 Å². The molecule has 4 heteroatoms. The fraction of sp³-hybridized carbons (Fsp3) is 0.714. The van der Waals surface area contributed by atoms with Crippen LogP contribution in [0.25, 0.3) is 0 Å². The van der Waals surface area contributed by atoms with Crippen molar-refractivity contribution in [2.24, 2.45) is 17.8 Å². The molecule has 2 aliphatic heterocycles. The van der Waals surface area contributed by atoms with Crippen molar-refractivity contribution in [1.82, 2.24) is 9.80 Å². The summed E-state index contributed by atoms with van der Waals surface area (Å²) in [7, 11) is 0. The molecule has 1 aromatic carbocycles. The van der Waals surface area contributed by atoms with Crippen LogP contribution in [-0.2, 0) is 11.3 Å². The second kappa shape index (κ2) is 8.51. The molecule has 4 rings (SSSR count). The van der Waals surface area contributed by atoms with Gasteiger partial charge in [-0.05, 0) is 67.8 Å². The Morgan fingerprint density at radius 1 is 0.960 bits per heavy atom. The third kappa shape index (κ3) is 4.85. The summed E-state index contributed by atoms with van der Waals surface area (Å²) in [6, 6.07) is 8.76. The first-order valence-electron chi connectivity index (χ1n) is 10.1. The molecule has 0 N–H and O–H groups in total. The van der Waals surface area contributed by atoms with Gasteiger partial charge in [-0.25, -0.2) is 0 Å². The summed E-state index contributed by atoms with van der Waals surface area (Å²) in [4.78, 5) is 5.23. The largest absolute Gasteiger partial charge is 0.381 e. The Hall–Kier alpha value is -0.420. The monoisotopic (exact) mass is 406 g/mol. The van der Waals surface area contributed by atoms with Gasteiger partial charge in [-0.15, -0.1) is 0 Å². The van der Waals surface area contributed by atoms with Crippen LogP contribution < -0.4 is 0 Å². The lowest BCUT2D eigenvalue weighted by Gasteiger charge is -2.26. The van der Waals surface area contributed by atoms with E-state index in [0.717, 1.165) is 42.0 Å². The Bertz CT molecular complexity index is 531. The van der Waals surface area contributed by atoms with Crippen LogP contribution in [0, 0.1) is 17.8 Å². The van der Waals surface area contributed by atoms with Crippen LogP contribution in [-0.4, -0.2) is 55.7 Å². The molecule has 0 aromatic heterocycles. The first-order chi connectivity index (χ1) is 12.3. The number of hydrogen-bond donors (Lipinski definition) is 0. The molecular formula is C21H31BrN2O. The van der Waals surface area contributed by atoms with Crippen molar-refractivity contribution in [2.45, 2.75) is 32.2 Å². The molecule has 0 bridgehead atoms.